The predicted octanol–water partition coefficient (Wildman–Crippen LogP) is 1.80. The van der Waals surface area contributed by atoms with Crippen LogP contribution in [0.3, 0.4) is 0 Å². The highest BCUT2D eigenvalue weighted by atomic mass is 35.5. The van der Waals surface area contributed by atoms with Crippen LogP contribution >= 0.6 is 11.6 Å². The summed E-state index contributed by atoms with van der Waals surface area (Å²) in [4.78, 5) is 10.2. The van der Waals surface area contributed by atoms with E-state index in [0.717, 1.165) is 12.3 Å². The summed E-state index contributed by atoms with van der Waals surface area (Å²) in [5, 5.41) is -0.919. The Morgan fingerprint density at radius 2 is 2.44 bits per heavy atom. The Balaban J connectivity index is 3.08. The second-order valence-corrected chi connectivity index (χ2v) is 1.71. The van der Waals surface area contributed by atoms with Crippen molar-refractivity contribution in [2.45, 2.75) is 0 Å². The maximum Gasteiger partial charge on any atom is 0.290 e. The summed E-state index contributed by atoms with van der Waals surface area (Å²) in [5.41, 5.74) is 0. The topological polar surface area (TPSA) is 30.2 Å². The fourth-order valence-corrected chi connectivity index (χ4v) is 0.569. The van der Waals surface area contributed by atoms with Gasteiger partial charge in [-0.1, -0.05) is 0 Å². The number of carbonyl (C=O) groups excluding carboxylic acids is 1. The normalized spacial score (nSPS) is 9.56. The summed E-state index contributed by atoms with van der Waals surface area (Å²) >= 11 is 4.88. The Labute approximate surface area is 55.2 Å². The number of hydrogen-bond acceptors (Lipinski definition) is 2. The highest BCUT2D eigenvalue weighted by molar-refractivity contribution is 6.67. The van der Waals surface area contributed by atoms with E-state index in [2.05, 4.69) is 4.42 Å². The molecular formula is C5H2ClFO2. The van der Waals surface area contributed by atoms with Crippen molar-refractivity contribution < 1.29 is 13.6 Å². The average Bonchev–Trinajstić information content (AvgIpc) is 2.13. The molecule has 1 heterocycles. The number of halogens is 2. The largest absolute Gasteiger partial charge is 0.457 e. The molecule has 2 nitrogen and oxygen atoms in total. The molecule has 0 saturated carbocycles. The van der Waals surface area contributed by atoms with Gasteiger partial charge in [0.15, 0.2) is 5.82 Å². The first kappa shape index (κ1) is 6.29. The van der Waals surface area contributed by atoms with Crippen molar-refractivity contribution >= 4 is 16.8 Å². The molecule has 0 N–H and O–H groups in total. The van der Waals surface area contributed by atoms with Gasteiger partial charge in [0.25, 0.3) is 5.24 Å². The van der Waals surface area contributed by atoms with Crippen molar-refractivity contribution in [1.82, 2.24) is 0 Å². The van der Waals surface area contributed by atoms with Gasteiger partial charge in [-0.25, -0.2) is 4.39 Å². The van der Waals surface area contributed by atoms with Crippen molar-refractivity contribution in [3.05, 3.63) is 23.9 Å². The van der Waals surface area contributed by atoms with Gasteiger partial charge in [-0.15, -0.1) is 0 Å². The van der Waals surface area contributed by atoms with Gasteiger partial charge < -0.3 is 4.42 Å². The van der Waals surface area contributed by atoms with E-state index in [4.69, 9.17) is 11.6 Å². The Morgan fingerprint density at radius 3 is 2.67 bits per heavy atom. The van der Waals surface area contributed by atoms with Gasteiger partial charge in [-0.3, -0.25) is 4.79 Å². The predicted molar refractivity (Wildman–Crippen MR) is 28.8 cm³/mol. The van der Waals surface area contributed by atoms with Crippen LogP contribution in [0.1, 0.15) is 10.6 Å². The number of furan rings is 1. The van der Waals surface area contributed by atoms with Crippen LogP contribution in [0.2, 0.25) is 0 Å². The third-order valence-electron chi connectivity index (χ3n) is 0.796. The fraction of sp³-hybridized carbons (Fsp3) is 0. The SMILES string of the molecule is O=C(Cl)c1occc1F. The van der Waals surface area contributed by atoms with Crippen molar-refractivity contribution in [2.75, 3.05) is 0 Å². The first-order chi connectivity index (χ1) is 4.22. The smallest absolute Gasteiger partial charge is 0.290 e. The first-order valence-corrected chi connectivity index (χ1v) is 2.52. The lowest BCUT2D eigenvalue weighted by atomic mass is 10.5. The minimum atomic E-state index is -0.919. The summed E-state index contributed by atoms with van der Waals surface area (Å²) in [6.45, 7) is 0. The van der Waals surface area contributed by atoms with Gasteiger partial charge in [0.2, 0.25) is 5.76 Å². The molecule has 4 heteroatoms. The van der Waals surface area contributed by atoms with Crippen LogP contribution in [0.4, 0.5) is 4.39 Å². The zero-order valence-corrected chi connectivity index (χ0v) is 4.98. The van der Waals surface area contributed by atoms with Crippen LogP contribution in [0.15, 0.2) is 16.7 Å². The molecule has 0 aromatic carbocycles. The van der Waals surface area contributed by atoms with Crippen LogP contribution in [-0.4, -0.2) is 5.24 Å². The number of hydrogen-bond donors (Lipinski definition) is 0. The molecule has 0 unspecified atom stereocenters. The van der Waals surface area contributed by atoms with E-state index in [0.29, 0.717) is 0 Å². The van der Waals surface area contributed by atoms with Gasteiger partial charge in [0, 0.05) is 6.07 Å². The van der Waals surface area contributed by atoms with Crippen molar-refractivity contribution in [2.24, 2.45) is 0 Å². The van der Waals surface area contributed by atoms with Gasteiger partial charge >= 0.3 is 0 Å². The van der Waals surface area contributed by atoms with Crippen molar-refractivity contribution in [3.8, 4) is 0 Å². The molecule has 1 aromatic heterocycles. The third-order valence-corrected chi connectivity index (χ3v) is 0.967. The van der Waals surface area contributed by atoms with E-state index in [9.17, 15) is 9.18 Å². The molecule has 0 radical (unpaired) electrons. The molecule has 1 rings (SSSR count). The Bertz CT molecular complexity index is 231. The van der Waals surface area contributed by atoms with Crippen LogP contribution in [0, 0.1) is 5.82 Å². The van der Waals surface area contributed by atoms with Crippen LogP contribution in [-0.2, 0) is 0 Å². The van der Waals surface area contributed by atoms with Crippen LogP contribution < -0.4 is 0 Å². The van der Waals surface area contributed by atoms with Crippen LogP contribution in [0.5, 0.6) is 0 Å². The molecule has 0 bridgehead atoms. The van der Waals surface area contributed by atoms with Crippen LogP contribution in [0.25, 0.3) is 0 Å². The van der Waals surface area contributed by atoms with Crippen molar-refractivity contribution in [1.29, 1.82) is 0 Å². The molecule has 0 fully saturated rings. The molecule has 0 aliphatic carbocycles. The molecule has 1 aromatic rings. The van der Waals surface area contributed by atoms with E-state index >= 15 is 0 Å². The minimum Gasteiger partial charge on any atom is -0.457 e. The maximum absolute atomic E-state index is 12.2. The summed E-state index contributed by atoms with van der Waals surface area (Å²) in [7, 11) is 0. The standard InChI is InChI=1S/C5H2ClFO2/c6-5(8)4-3(7)1-2-9-4/h1-2H. The quantitative estimate of drug-likeness (QED) is 0.569. The second kappa shape index (κ2) is 2.19. The van der Waals surface area contributed by atoms with E-state index in [-0.39, 0.29) is 0 Å². The Morgan fingerprint density at radius 1 is 1.78 bits per heavy atom. The monoisotopic (exact) mass is 148 g/mol. The summed E-state index contributed by atoms with van der Waals surface area (Å²) in [5.74, 6) is -1.16. The summed E-state index contributed by atoms with van der Waals surface area (Å²) < 4.78 is 16.6. The third kappa shape index (κ3) is 1.10. The lowest BCUT2D eigenvalue weighted by Gasteiger charge is -1.81. The molecule has 9 heavy (non-hydrogen) atoms. The Hall–Kier alpha value is -0.830. The van der Waals surface area contributed by atoms with E-state index in [1.807, 2.05) is 0 Å². The van der Waals surface area contributed by atoms with Gasteiger partial charge in [-0.05, 0) is 11.6 Å². The lowest BCUT2D eigenvalue weighted by molar-refractivity contribution is 0.105. The molecule has 0 aliphatic rings. The van der Waals surface area contributed by atoms with Crippen molar-refractivity contribution in [3.63, 3.8) is 0 Å². The molecule has 0 saturated heterocycles. The molecule has 48 valence electrons. The highest BCUT2D eigenvalue weighted by Crippen LogP contribution is 2.09. The van der Waals surface area contributed by atoms with E-state index in [1.54, 1.807) is 0 Å². The molecule has 0 spiro atoms. The lowest BCUT2D eigenvalue weighted by Crippen LogP contribution is -1.86. The van der Waals surface area contributed by atoms with E-state index < -0.39 is 16.8 Å². The maximum atomic E-state index is 12.2. The zero-order valence-electron chi connectivity index (χ0n) is 4.23. The van der Waals surface area contributed by atoms with Gasteiger partial charge in [0.05, 0.1) is 6.26 Å². The first-order valence-electron chi connectivity index (χ1n) is 2.14. The van der Waals surface area contributed by atoms with Gasteiger partial charge in [-0.2, -0.15) is 0 Å². The number of carbonyl (C=O) groups is 1. The minimum absolute atomic E-state index is 0.434. The number of rotatable bonds is 1. The Kier molecular flexibility index (Phi) is 1.53. The molecule has 0 amide bonds. The molecular weight excluding hydrogens is 147 g/mol. The zero-order chi connectivity index (χ0) is 6.85. The molecule has 0 aliphatic heterocycles. The van der Waals surface area contributed by atoms with Gasteiger partial charge in [0.1, 0.15) is 0 Å². The van der Waals surface area contributed by atoms with E-state index in [1.165, 1.54) is 0 Å². The highest BCUT2D eigenvalue weighted by Gasteiger charge is 2.11. The fourth-order valence-electron chi connectivity index (χ4n) is 0.434. The second-order valence-electron chi connectivity index (χ2n) is 1.37. The average molecular weight is 149 g/mol. The molecule has 0 atom stereocenters. The summed E-state index contributed by atoms with van der Waals surface area (Å²) in [6.07, 6.45) is 1.06. The summed E-state index contributed by atoms with van der Waals surface area (Å²) in [6, 6.07) is 1.02.